The molecule has 0 aliphatic heterocycles. The van der Waals surface area contributed by atoms with Crippen LogP contribution < -0.4 is 5.32 Å². The highest BCUT2D eigenvalue weighted by atomic mass is 16.5. The molecule has 2 unspecified atom stereocenters. The Labute approximate surface area is 457 Å². The smallest absolute Gasteiger partial charge is 0.305 e. The minimum Gasteiger partial charge on any atom is -0.466 e. The third-order valence-electron chi connectivity index (χ3n) is 15.8. The van der Waals surface area contributed by atoms with Crippen LogP contribution in [0.2, 0.25) is 0 Å². The zero-order valence-corrected chi connectivity index (χ0v) is 49.6. The highest BCUT2D eigenvalue weighted by Gasteiger charge is 2.20. The van der Waals surface area contributed by atoms with E-state index >= 15 is 0 Å². The number of hydrogen-bond acceptors (Lipinski definition) is 5. The molecule has 3 N–H and O–H groups in total. The van der Waals surface area contributed by atoms with Crippen LogP contribution >= 0.6 is 0 Å². The van der Waals surface area contributed by atoms with Gasteiger partial charge in [0.15, 0.2) is 0 Å². The maximum Gasteiger partial charge on any atom is 0.305 e. The molecule has 0 saturated heterocycles. The summed E-state index contributed by atoms with van der Waals surface area (Å²) in [6, 6.07) is -0.536. The Balaban J connectivity index is 3.30. The normalized spacial score (nSPS) is 12.5. The zero-order chi connectivity index (χ0) is 52.9. The van der Waals surface area contributed by atoms with E-state index in [9.17, 15) is 19.8 Å². The molecule has 6 nitrogen and oxygen atoms in total. The van der Waals surface area contributed by atoms with E-state index in [1.807, 2.05) is 0 Å². The summed E-state index contributed by atoms with van der Waals surface area (Å²) in [5, 5.41) is 23.2. The lowest BCUT2D eigenvalue weighted by Gasteiger charge is -2.22. The van der Waals surface area contributed by atoms with Gasteiger partial charge in [-0.2, -0.15) is 0 Å². The minimum absolute atomic E-state index is 0.0204. The van der Waals surface area contributed by atoms with E-state index < -0.39 is 12.1 Å². The van der Waals surface area contributed by atoms with E-state index in [0.717, 1.165) is 38.5 Å². The molecule has 6 heteroatoms. The number of esters is 1. The van der Waals surface area contributed by atoms with E-state index in [-0.39, 0.29) is 18.5 Å². The van der Waals surface area contributed by atoms with E-state index in [1.165, 1.54) is 308 Å². The Morgan fingerprint density at radius 3 is 0.973 bits per heavy atom. The summed E-state index contributed by atoms with van der Waals surface area (Å²) in [7, 11) is 0. The van der Waals surface area contributed by atoms with E-state index in [4.69, 9.17) is 4.74 Å². The molecule has 0 aromatic carbocycles. The van der Waals surface area contributed by atoms with Crippen molar-refractivity contribution < 1.29 is 24.5 Å². The summed E-state index contributed by atoms with van der Waals surface area (Å²) in [6.45, 7) is 4.96. The van der Waals surface area contributed by atoms with Crippen LogP contribution in [0, 0.1) is 0 Å². The van der Waals surface area contributed by atoms with Crippen molar-refractivity contribution in [2.45, 2.75) is 392 Å². The van der Waals surface area contributed by atoms with Gasteiger partial charge in [-0.05, 0) is 51.4 Å². The van der Waals surface area contributed by atoms with Crippen LogP contribution in [0.4, 0.5) is 0 Å². The molecule has 0 aliphatic rings. The lowest BCUT2D eigenvalue weighted by molar-refractivity contribution is -0.143. The second-order valence-electron chi connectivity index (χ2n) is 23.2. The first-order chi connectivity index (χ1) is 36.0. The van der Waals surface area contributed by atoms with Crippen LogP contribution in [0.5, 0.6) is 0 Å². The van der Waals surface area contributed by atoms with Gasteiger partial charge >= 0.3 is 5.97 Å². The average molecular weight is 1030 g/mol. The third kappa shape index (κ3) is 59.7. The monoisotopic (exact) mass is 1030 g/mol. The Hall–Kier alpha value is -1.40. The summed E-state index contributed by atoms with van der Waals surface area (Å²) in [5.41, 5.74) is 0. The predicted molar refractivity (Wildman–Crippen MR) is 320 cm³/mol. The van der Waals surface area contributed by atoms with Gasteiger partial charge < -0.3 is 20.3 Å². The molecule has 73 heavy (non-hydrogen) atoms. The lowest BCUT2D eigenvalue weighted by Crippen LogP contribution is -2.45. The molecule has 0 aliphatic carbocycles. The Bertz CT molecular complexity index is 1100. The largest absolute Gasteiger partial charge is 0.466 e. The summed E-state index contributed by atoms with van der Waals surface area (Å²) < 4.78 is 5.47. The maximum absolute atomic E-state index is 12.4. The number of nitrogens with one attached hydrogen (secondary N) is 1. The third-order valence-corrected chi connectivity index (χ3v) is 15.8. The molecular formula is C67H131NO5. The van der Waals surface area contributed by atoms with Gasteiger partial charge in [-0.25, -0.2) is 0 Å². The number of aliphatic hydroxyl groups is 2. The van der Waals surface area contributed by atoms with Gasteiger partial charge in [0.25, 0.3) is 0 Å². The molecule has 0 aromatic heterocycles. The molecule has 0 rings (SSSR count). The van der Waals surface area contributed by atoms with Crippen molar-refractivity contribution >= 4 is 11.9 Å². The molecular weight excluding hydrogens is 899 g/mol. The number of carbonyl (C=O) groups excluding carboxylic acids is 2. The molecule has 2 atom stereocenters. The molecule has 434 valence electrons. The van der Waals surface area contributed by atoms with Crippen LogP contribution in [-0.2, 0) is 14.3 Å². The first kappa shape index (κ1) is 71.6. The molecule has 0 fully saturated rings. The molecule has 0 saturated carbocycles. The van der Waals surface area contributed by atoms with Gasteiger partial charge in [0.2, 0.25) is 5.91 Å². The number of carbonyl (C=O) groups is 2. The average Bonchev–Trinajstić information content (AvgIpc) is 3.39. The van der Waals surface area contributed by atoms with Crippen molar-refractivity contribution in [3.8, 4) is 0 Å². The molecule has 0 aromatic rings. The SMILES string of the molecule is CCCCCCCCCCCCCC(=O)OCCCCCCCCCCCCCCCC/C=C\CCCCCCCCCCCCCCCCCCCC(=O)NC(CO)C(O)CCCCCCCCCCCC. The number of unbranched alkanes of at least 4 members (excludes halogenated alkanes) is 50. The van der Waals surface area contributed by atoms with Crippen molar-refractivity contribution in [3.63, 3.8) is 0 Å². The highest BCUT2D eigenvalue weighted by molar-refractivity contribution is 5.76. The number of rotatable bonds is 63. The van der Waals surface area contributed by atoms with Crippen molar-refractivity contribution in [2.24, 2.45) is 0 Å². The van der Waals surface area contributed by atoms with Crippen LogP contribution in [0.3, 0.4) is 0 Å². The number of amides is 1. The van der Waals surface area contributed by atoms with Gasteiger partial charge in [-0.1, -0.05) is 328 Å². The van der Waals surface area contributed by atoms with Crippen LogP contribution in [0.1, 0.15) is 380 Å². The highest BCUT2D eigenvalue weighted by Crippen LogP contribution is 2.19. The van der Waals surface area contributed by atoms with Crippen LogP contribution in [0.15, 0.2) is 12.2 Å². The van der Waals surface area contributed by atoms with E-state index in [1.54, 1.807) is 0 Å². The molecule has 0 heterocycles. The Kier molecular flexibility index (Phi) is 61.9. The van der Waals surface area contributed by atoms with Crippen molar-refractivity contribution in [1.29, 1.82) is 0 Å². The standard InChI is InChI=1S/C67H131NO5/c1-3-5-7-9-11-13-40-45-49-53-57-61-67(72)73-62-58-54-50-46-42-39-37-35-33-31-29-27-25-23-21-19-17-15-16-18-20-22-24-26-28-30-32-34-36-38-41-44-48-52-56-60-66(71)68-64(63-69)65(70)59-55-51-47-43-14-12-10-8-6-4-2/h17,19,64-65,69-70H,3-16,18,20-63H2,1-2H3,(H,68,71)/b19-17-. The van der Waals surface area contributed by atoms with Gasteiger partial charge in [0, 0.05) is 12.8 Å². The topological polar surface area (TPSA) is 95.9 Å². The van der Waals surface area contributed by atoms with Gasteiger partial charge in [-0.15, -0.1) is 0 Å². The molecule has 0 spiro atoms. The molecule has 0 radical (unpaired) electrons. The van der Waals surface area contributed by atoms with E-state index in [2.05, 4.69) is 31.3 Å². The minimum atomic E-state index is -0.659. The molecule has 0 bridgehead atoms. The summed E-state index contributed by atoms with van der Waals surface area (Å²) >= 11 is 0. The summed E-state index contributed by atoms with van der Waals surface area (Å²) in [4.78, 5) is 24.4. The number of aliphatic hydroxyl groups excluding tert-OH is 2. The van der Waals surface area contributed by atoms with E-state index in [0.29, 0.717) is 25.9 Å². The number of allylic oxidation sites excluding steroid dienone is 2. The Morgan fingerprint density at radius 2 is 0.644 bits per heavy atom. The van der Waals surface area contributed by atoms with Gasteiger partial charge in [0.1, 0.15) is 0 Å². The van der Waals surface area contributed by atoms with Crippen LogP contribution in [-0.4, -0.2) is 47.4 Å². The van der Waals surface area contributed by atoms with Gasteiger partial charge in [0.05, 0.1) is 25.4 Å². The number of hydrogen-bond donors (Lipinski definition) is 3. The zero-order valence-electron chi connectivity index (χ0n) is 49.6. The summed E-state index contributed by atoms with van der Waals surface area (Å²) in [5.74, 6) is -0.0107. The fourth-order valence-corrected chi connectivity index (χ4v) is 10.7. The predicted octanol–water partition coefficient (Wildman–Crippen LogP) is 21.2. The first-order valence-electron chi connectivity index (χ1n) is 33.4. The van der Waals surface area contributed by atoms with Crippen LogP contribution in [0.25, 0.3) is 0 Å². The Morgan fingerprint density at radius 1 is 0.370 bits per heavy atom. The van der Waals surface area contributed by atoms with Crippen molar-refractivity contribution in [3.05, 3.63) is 12.2 Å². The second-order valence-corrected chi connectivity index (χ2v) is 23.2. The number of ether oxygens (including phenoxy) is 1. The molecule has 1 amide bonds. The maximum atomic E-state index is 12.4. The second kappa shape index (κ2) is 63.1. The fraction of sp³-hybridized carbons (Fsp3) is 0.940. The van der Waals surface area contributed by atoms with Gasteiger partial charge in [-0.3, -0.25) is 9.59 Å². The summed E-state index contributed by atoms with van der Waals surface area (Å²) in [6.07, 6.45) is 77.0. The lowest BCUT2D eigenvalue weighted by atomic mass is 10.0. The van der Waals surface area contributed by atoms with Crippen molar-refractivity contribution in [2.75, 3.05) is 13.2 Å². The first-order valence-corrected chi connectivity index (χ1v) is 33.4. The quantitative estimate of drug-likeness (QED) is 0.0320. The van der Waals surface area contributed by atoms with Crippen molar-refractivity contribution in [1.82, 2.24) is 5.32 Å². The fourth-order valence-electron chi connectivity index (χ4n) is 10.7.